The number of nitrogens with one attached hydrogen (secondary N) is 2. The lowest BCUT2D eigenvalue weighted by Crippen LogP contribution is -3.19. The molecule has 0 aliphatic carbocycles. The summed E-state index contributed by atoms with van der Waals surface area (Å²) in [5, 5.41) is 3.58. The molecule has 0 bridgehead atoms. The Labute approximate surface area is 170 Å². The molecule has 150 valence electrons. The molecule has 28 heavy (non-hydrogen) atoms. The van der Waals surface area contributed by atoms with Crippen LogP contribution in [0.5, 0.6) is 5.75 Å². The van der Waals surface area contributed by atoms with E-state index in [-0.39, 0.29) is 17.8 Å². The van der Waals surface area contributed by atoms with Crippen LogP contribution in [0.15, 0.2) is 36.4 Å². The summed E-state index contributed by atoms with van der Waals surface area (Å²) in [7, 11) is 1.56. The van der Waals surface area contributed by atoms with E-state index in [0.717, 1.165) is 37.4 Å². The number of anilines is 2. The number of piperazine rings is 1. The van der Waals surface area contributed by atoms with Gasteiger partial charge in [0.25, 0.3) is 5.91 Å². The first-order valence-electron chi connectivity index (χ1n) is 9.39. The van der Waals surface area contributed by atoms with E-state index >= 15 is 0 Å². The number of methoxy groups -OCH3 is 1. The monoisotopic (exact) mass is 406 g/mol. The van der Waals surface area contributed by atoms with Gasteiger partial charge in [0, 0.05) is 16.8 Å². The van der Waals surface area contributed by atoms with Gasteiger partial charge in [-0.2, -0.15) is 0 Å². The van der Waals surface area contributed by atoms with Crippen molar-refractivity contribution in [1.82, 2.24) is 0 Å². The summed E-state index contributed by atoms with van der Waals surface area (Å²) >= 11 is 6.14. The first-order valence-corrected chi connectivity index (χ1v) is 9.77. The van der Waals surface area contributed by atoms with E-state index in [1.165, 1.54) is 17.0 Å². The molecule has 7 heteroatoms. The van der Waals surface area contributed by atoms with Crippen molar-refractivity contribution in [3.05, 3.63) is 52.8 Å². The molecule has 0 saturated carbocycles. The van der Waals surface area contributed by atoms with Crippen LogP contribution in [0.1, 0.15) is 12.5 Å². The van der Waals surface area contributed by atoms with Crippen LogP contribution in [0, 0.1) is 12.7 Å². The highest BCUT2D eigenvalue weighted by molar-refractivity contribution is 6.31. The SMILES string of the molecule is COc1cc(Cl)c(C)cc1NC(=O)[C@@H](C)[NH+]1CCN(c2ccc(F)cc2)CC1. The van der Waals surface area contributed by atoms with Crippen LogP contribution in [0.25, 0.3) is 0 Å². The van der Waals surface area contributed by atoms with Gasteiger partial charge in [0.1, 0.15) is 11.6 Å². The molecule has 2 N–H and O–H groups in total. The van der Waals surface area contributed by atoms with Crippen molar-refractivity contribution in [3.8, 4) is 5.75 Å². The molecule has 0 unspecified atom stereocenters. The highest BCUT2D eigenvalue weighted by Crippen LogP contribution is 2.30. The van der Waals surface area contributed by atoms with Gasteiger partial charge in [-0.05, 0) is 49.7 Å². The van der Waals surface area contributed by atoms with E-state index in [2.05, 4.69) is 10.2 Å². The van der Waals surface area contributed by atoms with Crippen molar-refractivity contribution >= 4 is 28.9 Å². The van der Waals surface area contributed by atoms with E-state index in [1.54, 1.807) is 25.3 Å². The largest absolute Gasteiger partial charge is 0.495 e. The Morgan fingerprint density at radius 1 is 1.25 bits per heavy atom. The third-order valence-corrected chi connectivity index (χ3v) is 5.75. The Balaban J connectivity index is 1.60. The second-order valence-electron chi connectivity index (χ2n) is 7.13. The van der Waals surface area contributed by atoms with E-state index in [1.807, 2.05) is 19.9 Å². The fourth-order valence-electron chi connectivity index (χ4n) is 3.49. The molecule has 0 aromatic heterocycles. The highest BCUT2D eigenvalue weighted by Gasteiger charge is 2.29. The van der Waals surface area contributed by atoms with Crippen molar-refractivity contribution < 1.29 is 18.8 Å². The predicted octanol–water partition coefficient (Wildman–Crippen LogP) is 2.53. The van der Waals surface area contributed by atoms with Crippen molar-refractivity contribution in [3.63, 3.8) is 0 Å². The minimum atomic E-state index is -0.230. The van der Waals surface area contributed by atoms with Crippen LogP contribution in [0.3, 0.4) is 0 Å². The lowest BCUT2D eigenvalue weighted by molar-refractivity contribution is -0.914. The van der Waals surface area contributed by atoms with Gasteiger partial charge >= 0.3 is 0 Å². The van der Waals surface area contributed by atoms with Gasteiger partial charge in [-0.15, -0.1) is 0 Å². The Hall–Kier alpha value is -2.31. The number of quaternary nitrogens is 1. The molecule has 1 atom stereocenters. The van der Waals surface area contributed by atoms with Gasteiger partial charge in [-0.1, -0.05) is 11.6 Å². The average molecular weight is 407 g/mol. The maximum absolute atomic E-state index is 13.1. The summed E-state index contributed by atoms with van der Waals surface area (Å²) in [4.78, 5) is 16.2. The van der Waals surface area contributed by atoms with Gasteiger partial charge in [-0.3, -0.25) is 4.79 Å². The number of aryl methyl sites for hydroxylation is 1. The maximum atomic E-state index is 13.1. The average Bonchev–Trinajstić information content (AvgIpc) is 2.70. The van der Waals surface area contributed by atoms with Crippen LogP contribution in [0.4, 0.5) is 15.8 Å². The summed E-state index contributed by atoms with van der Waals surface area (Å²) < 4.78 is 18.4. The second kappa shape index (κ2) is 8.80. The zero-order valence-electron chi connectivity index (χ0n) is 16.4. The third-order valence-electron chi connectivity index (χ3n) is 5.34. The molecular formula is C21H26ClFN3O2+. The van der Waals surface area contributed by atoms with Crippen molar-refractivity contribution in [2.45, 2.75) is 19.9 Å². The zero-order valence-corrected chi connectivity index (χ0v) is 17.1. The first kappa shape index (κ1) is 20.4. The van der Waals surface area contributed by atoms with Crippen molar-refractivity contribution in [1.29, 1.82) is 0 Å². The molecule has 1 amide bonds. The Morgan fingerprint density at radius 2 is 1.89 bits per heavy atom. The smallest absolute Gasteiger partial charge is 0.282 e. The molecular weight excluding hydrogens is 381 g/mol. The number of hydrogen-bond acceptors (Lipinski definition) is 3. The number of hydrogen-bond donors (Lipinski definition) is 2. The molecule has 0 radical (unpaired) electrons. The quantitative estimate of drug-likeness (QED) is 0.802. The molecule has 0 spiro atoms. The third kappa shape index (κ3) is 4.56. The zero-order chi connectivity index (χ0) is 20.3. The topological polar surface area (TPSA) is 46.0 Å². The molecule has 1 aliphatic heterocycles. The molecule has 1 saturated heterocycles. The molecule has 2 aromatic rings. The van der Waals surface area contributed by atoms with E-state index in [4.69, 9.17) is 16.3 Å². The Kier molecular flexibility index (Phi) is 6.42. The van der Waals surface area contributed by atoms with E-state index in [0.29, 0.717) is 16.5 Å². The highest BCUT2D eigenvalue weighted by atomic mass is 35.5. The number of amides is 1. The number of carbonyl (C=O) groups is 1. The van der Waals surface area contributed by atoms with E-state index in [9.17, 15) is 9.18 Å². The molecule has 1 heterocycles. The Morgan fingerprint density at radius 3 is 2.50 bits per heavy atom. The first-order chi connectivity index (χ1) is 13.4. The summed E-state index contributed by atoms with van der Waals surface area (Å²) in [6.07, 6.45) is 0. The number of ether oxygens (including phenoxy) is 1. The van der Waals surface area contributed by atoms with Crippen LogP contribution in [-0.4, -0.2) is 45.2 Å². The minimum absolute atomic E-state index is 0.0507. The van der Waals surface area contributed by atoms with Gasteiger partial charge in [0.2, 0.25) is 0 Å². The molecule has 2 aromatic carbocycles. The summed E-state index contributed by atoms with van der Waals surface area (Å²) in [6, 6.07) is 9.89. The normalized spacial score (nSPS) is 16.0. The summed E-state index contributed by atoms with van der Waals surface area (Å²) in [6.45, 7) is 7.14. The van der Waals surface area contributed by atoms with Crippen LogP contribution in [-0.2, 0) is 4.79 Å². The van der Waals surface area contributed by atoms with Gasteiger partial charge in [0.05, 0.1) is 39.0 Å². The number of benzene rings is 2. The number of nitrogens with zero attached hydrogens (tertiary/aromatic N) is 1. The number of rotatable bonds is 5. The van der Waals surface area contributed by atoms with E-state index < -0.39 is 0 Å². The van der Waals surface area contributed by atoms with Crippen molar-refractivity contribution in [2.24, 2.45) is 0 Å². The second-order valence-corrected chi connectivity index (χ2v) is 7.54. The predicted molar refractivity (Wildman–Crippen MR) is 110 cm³/mol. The Bertz CT molecular complexity index is 836. The van der Waals surface area contributed by atoms with Crippen LogP contribution < -0.4 is 19.9 Å². The fourth-order valence-corrected chi connectivity index (χ4v) is 3.65. The minimum Gasteiger partial charge on any atom is -0.495 e. The summed E-state index contributed by atoms with van der Waals surface area (Å²) in [5.74, 6) is 0.267. The summed E-state index contributed by atoms with van der Waals surface area (Å²) in [5.41, 5.74) is 2.52. The molecule has 1 fully saturated rings. The molecule has 3 rings (SSSR count). The number of halogens is 2. The van der Waals surface area contributed by atoms with Gasteiger partial charge < -0.3 is 19.9 Å². The van der Waals surface area contributed by atoms with Crippen LogP contribution >= 0.6 is 11.6 Å². The maximum Gasteiger partial charge on any atom is 0.282 e. The fraction of sp³-hybridized carbons (Fsp3) is 0.381. The lowest BCUT2D eigenvalue weighted by atomic mass is 10.1. The van der Waals surface area contributed by atoms with Crippen molar-refractivity contribution in [2.75, 3.05) is 43.5 Å². The molecule has 1 aliphatic rings. The standard InChI is InChI=1S/C21H25ClFN3O2/c1-14-12-19(20(28-3)13-18(14)22)24-21(27)15(2)25-8-10-26(11-9-25)17-6-4-16(23)5-7-17/h4-7,12-13,15H,8-11H2,1-3H3,(H,24,27)/p+1/t15-/m1/s1. The van der Waals surface area contributed by atoms with Gasteiger partial charge in [0.15, 0.2) is 6.04 Å². The number of carbonyl (C=O) groups excluding carboxylic acids is 1. The lowest BCUT2D eigenvalue weighted by Gasteiger charge is -2.36. The van der Waals surface area contributed by atoms with Gasteiger partial charge in [-0.25, -0.2) is 4.39 Å². The molecule has 5 nitrogen and oxygen atoms in total. The van der Waals surface area contributed by atoms with Crippen LogP contribution in [0.2, 0.25) is 5.02 Å².